The fourth-order valence-corrected chi connectivity index (χ4v) is 4.14. The second-order valence-corrected chi connectivity index (χ2v) is 7.55. The number of fused-ring (bicyclic) bond motifs is 1. The lowest BCUT2D eigenvalue weighted by molar-refractivity contribution is -0.274. The molecule has 27 heavy (non-hydrogen) atoms. The minimum absolute atomic E-state index is 0.0314. The largest absolute Gasteiger partial charge is 0.573 e. The molecule has 1 heterocycles. The van der Waals surface area contributed by atoms with Crippen molar-refractivity contribution in [3.8, 4) is 5.75 Å². The average molecular weight is 399 g/mol. The van der Waals surface area contributed by atoms with E-state index in [1.54, 1.807) is 12.1 Å². The summed E-state index contributed by atoms with van der Waals surface area (Å²) < 4.78 is 64.9. The first-order chi connectivity index (χ1) is 12.6. The first-order valence-electron chi connectivity index (χ1n) is 7.48. The van der Waals surface area contributed by atoms with Crippen molar-refractivity contribution < 1.29 is 36.2 Å². The summed E-state index contributed by atoms with van der Waals surface area (Å²) in [5.41, 5.74) is 0.621. The lowest BCUT2D eigenvalue weighted by Gasteiger charge is -2.19. The summed E-state index contributed by atoms with van der Waals surface area (Å²) in [6, 6.07) is 10.3. The van der Waals surface area contributed by atoms with Gasteiger partial charge in [0.2, 0.25) is 0 Å². The van der Waals surface area contributed by atoms with Crippen LogP contribution in [0.4, 0.5) is 18.9 Å². The number of carbonyl (C=O) groups is 1. The Kier molecular flexibility index (Phi) is 4.60. The molecule has 6 nitrogen and oxygen atoms in total. The standard InChI is InChI=1S/C17H12F3NO5S/c18-17(19,20)26-12-7-5-11(6-8-12)21-16(23)15-14(22)13-4-2-1-3-10(13)9-27(15,24)25/h1-8,22H,9H2,(H,21,23). The maximum Gasteiger partial charge on any atom is 0.573 e. The fourth-order valence-electron chi connectivity index (χ4n) is 2.60. The highest BCUT2D eigenvalue weighted by Gasteiger charge is 2.35. The van der Waals surface area contributed by atoms with Crippen molar-refractivity contribution in [2.75, 3.05) is 5.32 Å². The van der Waals surface area contributed by atoms with Gasteiger partial charge in [-0.15, -0.1) is 13.2 Å². The van der Waals surface area contributed by atoms with Crippen LogP contribution >= 0.6 is 0 Å². The molecular weight excluding hydrogens is 387 g/mol. The van der Waals surface area contributed by atoms with Gasteiger partial charge in [-0.2, -0.15) is 0 Å². The van der Waals surface area contributed by atoms with Gasteiger partial charge in [0.05, 0.1) is 5.75 Å². The number of alkyl halides is 3. The van der Waals surface area contributed by atoms with Crippen molar-refractivity contribution in [3.63, 3.8) is 0 Å². The second-order valence-electron chi connectivity index (χ2n) is 5.62. The number of halogens is 3. The average Bonchev–Trinajstić information content (AvgIpc) is 2.54. The first-order valence-corrected chi connectivity index (χ1v) is 9.13. The predicted molar refractivity (Wildman–Crippen MR) is 90.4 cm³/mol. The number of aliphatic hydroxyl groups is 1. The van der Waals surface area contributed by atoms with Gasteiger partial charge in [-0.3, -0.25) is 4.79 Å². The molecule has 1 aliphatic rings. The molecule has 0 fully saturated rings. The van der Waals surface area contributed by atoms with Gasteiger partial charge in [0.25, 0.3) is 5.91 Å². The Morgan fingerprint density at radius 2 is 1.70 bits per heavy atom. The zero-order chi connectivity index (χ0) is 19.8. The number of amides is 1. The summed E-state index contributed by atoms with van der Waals surface area (Å²) in [6.07, 6.45) is -4.86. The molecule has 1 aliphatic heterocycles. The molecule has 0 spiro atoms. The van der Waals surface area contributed by atoms with E-state index in [-0.39, 0.29) is 11.3 Å². The highest BCUT2D eigenvalue weighted by molar-refractivity contribution is 7.95. The monoisotopic (exact) mass is 399 g/mol. The van der Waals surface area contributed by atoms with Crippen LogP contribution in [-0.4, -0.2) is 25.8 Å². The van der Waals surface area contributed by atoms with Crippen LogP contribution in [0.15, 0.2) is 53.4 Å². The van der Waals surface area contributed by atoms with E-state index in [1.807, 2.05) is 0 Å². The van der Waals surface area contributed by atoms with Gasteiger partial charge in [-0.1, -0.05) is 24.3 Å². The Balaban J connectivity index is 1.87. The SMILES string of the molecule is O=C(Nc1ccc(OC(F)(F)F)cc1)C1=C(O)c2ccccc2CS1(=O)=O. The van der Waals surface area contributed by atoms with Crippen LogP contribution in [0.25, 0.3) is 5.76 Å². The number of benzene rings is 2. The van der Waals surface area contributed by atoms with Crippen molar-refractivity contribution >= 4 is 27.2 Å². The molecule has 0 saturated carbocycles. The number of aliphatic hydroxyl groups excluding tert-OH is 1. The molecule has 2 N–H and O–H groups in total. The maximum atomic E-state index is 12.4. The third-order valence-electron chi connectivity index (χ3n) is 3.70. The van der Waals surface area contributed by atoms with E-state index >= 15 is 0 Å². The number of rotatable bonds is 3. The van der Waals surface area contributed by atoms with Crippen molar-refractivity contribution in [3.05, 3.63) is 64.6 Å². The summed E-state index contributed by atoms with van der Waals surface area (Å²) in [4.78, 5) is 11.6. The predicted octanol–water partition coefficient (Wildman–Crippen LogP) is 3.38. The van der Waals surface area contributed by atoms with E-state index in [4.69, 9.17) is 0 Å². The van der Waals surface area contributed by atoms with E-state index < -0.39 is 44.3 Å². The maximum absolute atomic E-state index is 12.4. The zero-order valence-electron chi connectivity index (χ0n) is 13.4. The number of nitrogens with one attached hydrogen (secondary N) is 1. The Labute approximate surface area is 151 Å². The third-order valence-corrected chi connectivity index (χ3v) is 5.39. The van der Waals surface area contributed by atoms with Crippen LogP contribution in [0.3, 0.4) is 0 Å². The summed E-state index contributed by atoms with van der Waals surface area (Å²) in [7, 11) is -4.09. The van der Waals surface area contributed by atoms with Crippen LogP contribution in [-0.2, 0) is 20.4 Å². The number of sulfone groups is 1. The van der Waals surface area contributed by atoms with Crippen molar-refractivity contribution in [1.29, 1.82) is 0 Å². The van der Waals surface area contributed by atoms with Crippen LogP contribution in [0.5, 0.6) is 5.75 Å². The molecule has 0 atom stereocenters. The van der Waals surface area contributed by atoms with Crippen molar-refractivity contribution in [2.24, 2.45) is 0 Å². The molecule has 0 saturated heterocycles. The molecule has 0 bridgehead atoms. The van der Waals surface area contributed by atoms with E-state index in [1.165, 1.54) is 12.1 Å². The summed E-state index contributed by atoms with van der Waals surface area (Å²) in [6.45, 7) is 0. The van der Waals surface area contributed by atoms with E-state index in [0.29, 0.717) is 5.56 Å². The van der Waals surface area contributed by atoms with Gasteiger partial charge in [0.15, 0.2) is 14.7 Å². The highest BCUT2D eigenvalue weighted by Crippen LogP contribution is 2.33. The van der Waals surface area contributed by atoms with E-state index in [9.17, 15) is 31.5 Å². The fraction of sp³-hybridized carbons (Fsp3) is 0.118. The van der Waals surface area contributed by atoms with Gasteiger partial charge < -0.3 is 15.2 Å². The van der Waals surface area contributed by atoms with Crippen molar-refractivity contribution in [2.45, 2.75) is 12.1 Å². The molecule has 0 aliphatic carbocycles. The van der Waals surface area contributed by atoms with Gasteiger partial charge in [-0.05, 0) is 29.8 Å². The summed E-state index contributed by atoms with van der Waals surface area (Å²) in [5, 5.41) is 12.5. The number of ether oxygens (including phenoxy) is 1. The van der Waals surface area contributed by atoms with Crippen molar-refractivity contribution in [1.82, 2.24) is 0 Å². The third kappa shape index (κ3) is 4.05. The van der Waals surface area contributed by atoms with Crippen LogP contribution in [0.2, 0.25) is 0 Å². The molecule has 0 radical (unpaired) electrons. The zero-order valence-corrected chi connectivity index (χ0v) is 14.3. The topological polar surface area (TPSA) is 92.7 Å². The number of hydrogen-bond donors (Lipinski definition) is 2. The van der Waals surface area contributed by atoms with Gasteiger partial charge in [-0.25, -0.2) is 8.42 Å². The Morgan fingerprint density at radius 1 is 1.07 bits per heavy atom. The van der Waals surface area contributed by atoms with Crippen LogP contribution < -0.4 is 10.1 Å². The minimum atomic E-state index is -4.86. The first kappa shape index (κ1) is 18.8. The number of anilines is 1. The van der Waals surface area contributed by atoms with Crippen LogP contribution in [0, 0.1) is 0 Å². The van der Waals surface area contributed by atoms with Gasteiger partial charge in [0.1, 0.15) is 11.5 Å². The molecule has 1 amide bonds. The lowest BCUT2D eigenvalue weighted by atomic mass is 10.1. The Morgan fingerprint density at radius 3 is 2.33 bits per heavy atom. The molecule has 0 aromatic heterocycles. The molecule has 10 heteroatoms. The molecule has 2 aromatic carbocycles. The smallest absolute Gasteiger partial charge is 0.506 e. The highest BCUT2D eigenvalue weighted by atomic mass is 32.2. The molecule has 3 rings (SSSR count). The minimum Gasteiger partial charge on any atom is -0.506 e. The number of hydrogen-bond acceptors (Lipinski definition) is 5. The molecular formula is C17H12F3NO5S. The summed E-state index contributed by atoms with van der Waals surface area (Å²) in [5.74, 6) is -2.71. The molecule has 0 unspecified atom stereocenters. The number of carbonyl (C=O) groups excluding carboxylic acids is 1. The summed E-state index contributed by atoms with van der Waals surface area (Å²) >= 11 is 0. The van der Waals surface area contributed by atoms with E-state index in [0.717, 1.165) is 24.3 Å². The second kappa shape index (κ2) is 6.62. The molecule has 142 valence electrons. The quantitative estimate of drug-likeness (QED) is 0.826. The molecule has 2 aromatic rings. The lowest BCUT2D eigenvalue weighted by Crippen LogP contribution is -2.26. The Bertz CT molecular complexity index is 1030. The Hall–Kier alpha value is -3.01. The van der Waals surface area contributed by atoms with Gasteiger partial charge in [0, 0.05) is 11.3 Å². The van der Waals surface area contributed by atoms with Crippen LogP contribution in [0.1, 0.15) is 11.1 Å². The van der Waals surface area contributed by atoms with E-state index in [2.05, 4.69) is 10.1 Å². The normalized spacial score (nSPS) is 15.8. The van der Waals surface area contributed by atoms with Gasteiger partial charge >= 0.3 is 6.36 Å².